The molecule has 0 fully saturated rings. The summed E-state index contributed by atoms with van der Waals surface area (Å²) in [5.41, 5.74) is 1.31. The van der Waals surface area contributed by atoms with E-state index in [2.05, 4.69) is 6.58 Å². The summed E-state index contributed by atoms with van der Waals surface area (Å²) in [6.45, 7) is 6.75. The maximum atomic E-state index is 11.2. The van der Waals surface area contributed by atoms with Crippen LogP contribution in [-0.4, -0.2) is 16.9 Å². The van der Waals surface area contributed by atoms with Gasteiger partial charge in [-0.15, -0.1) is 0 Å². The molecule has 0 spiro atoms. The van der Waals surface area contributed by atoms with Gasteiger partial charge in [-0.2, -0.15) is 0 Å². The summed E-state index contributed by atoms with van der Waals surface area (Å²) < 4.78 is 0. The van der Waals surface area contributed by atoms with E-state index in [0.717, 1.165) is 0 Å². The van der Waals surface area contributed by atoms with Gasteiger partial charge in [0.25, 0.3) is 0 Å². The Balaban J connectivity index is 3.16. The zero-order chi connectivity index (χ0) is 9.46. The minimum Gasteiger partial charge on any atom is -0.481 e. The van der Waals surface area contributed by atoms with Crippen LogP contribution < -0.4 is 0 Å². The summed E-state index contributed by atoms with van der Waals surface area (Å²) in [6, 6.07) is 0. The maximum absolute atomic E-state index is 11.2. The van der Waals surface area contributed by atoms with Crippen molar-refractivity contribution in [3.05, 3.63) is 23.3 Å². The van der Waals surface area contributed by atoms with Crippen LogP contribution in [0.2, 0.25) is 0 Å². The van der Waals surface area contributed by atoms with Gasteiger partial charge in [0, 0.05) is 5.57 Å². The molecule has 12 heavy (non-hydrogen) atoms. The summed E-state index contributed by atoms with van der Waals surface area (Å²) >= 11 is 0. The molecular weight excluding hydrogens is 156 g/mol. The van der Waals surface area contributed by atoms with Crippen LogP contribution in [-0.2, 0) is 9.59 Å². The smallest absolute Gasteiger partial charge is 0.315 e. The first-order valence-corrected chi connectivity index (χ1v) is 3.60. The molecule has 3 nitrogen and oxygen atoms in total. The van der Waals surface area contributed by atoms with E-state index in [1.165, 1.54) is 0 Å². The molecule has 1 rings (SSSR count). The molecule has 0 amide bonds. The third-order valence-corrected chi connectivity index (χ3v) is 2.25. The molecule has 0 saturated heterocycles. The first kappa shape index (κ1) is 8.71. The molecule has 1 N–H and O–H groups in total. The fraction of sp³-hybridized carbons (Fsp3) is 0.333. The number of carboxylic acid groups (broad SMARTS) is 1. The Hall–Kier alpha value is -1.38. The summed E-state index contributed by atoms with van der Waals surface area (Å²) in [5.74, 6) is -2.01. The average Bonchev–Trinajstić information content (AvgIpc) is 2.16. The Bertz CT molecular complexity index is 310. The van der Waals surface area contributed by atoms with Crippen molar-refractivity contribution in [3.63, 3.8) is 0 Å². The number of ketones is 1. The standard InChI is InChI=1S/C9H10O3/c1-4-5(2)8(10)6(3)7(4)9(11)12/h7H,3H2,1-2H3,(H,11,12)/t7-/m0/s1. The summed E-state index contributed by atoms with van der Waals surface area (Å²) in [4.78, 5) is 21.9. The lowest BCUT2D eigenvalue weighted by Gasteiger charge is -2.04. The first-order chi connectivity index (χ1) is 5.46. The highest BCUT2D eigenvalue weighted by Crippen LogP contribution is 2.32. The minimum atomic E-state index is -0.997. The topological polar surface area (TPSA) is 54.4 Å². The van der Waals surface area contributed by atoms with E-state index in [1.807, 2.05) is 0 Å². The largest absolute Gasteiger partial charge is 0.481 e. The van der Waals surface area contributed by atoms with E-state index in [4.69, 9.17) is 5.11 Å². The average molecular weight is 166 g/mol. The van der Waals surface area contributed by atoms with Crippen LogP contribution in [0.25, 0.3) is 0 Å². The molecule has 1 atom stereocenters. The van der Waals surface area contributed by atoms with Crippen LogP contribution in [0.3, 0.4) is 0 Å². The maximum Gasteiger partial charge on any atom is 0.315 e. The van der Waals surface area contributed by atoms with Crippen molar-refractivity contribution in [3.8, 4) is 0 Å². The lowest BCUT2D eigenvalue weighted by Crippen LogP contribution is -2.15. The zero-order valence-corrected chi connectivity index (χ0v) is 7.05. The van der Waals surface area contributed by atoms with Crippen molar-refractivity contribution in [2.45, 2.75) is 13.8 Å². The van der Waals surface area contributed by atoms with Crippen molar-refractivity contribution in [2.75, 3.05) is 0 Å². The predicted molar refractivity (Wildman–Crippen MR) is 43.6 cm³/mol. The number of hydrogen-bond acceptors (Lipinski definition) is 2. The quantitative estimate of drug-likeness (QED) is 0.595. The molecule has 0 radical (unpaired) electrons. The monoisotopic (exact) mass is 166 g/mol. The van der Waals surface area contributed by atoms with E-state index < -0.39 is 11.9 Å². The molecule has 0 aliphatic heterocycles. The van der Waals surface area contributed by atoms with Gasteiger partial charge in [-0.25, -0.2) is 0 Å². The second-order valence-electron chi connectivity index (χ2n) is 2.93. The van der Waals surface area contributed by atoms with E-state index in [9.17, 15) is 9.59 Å². The van der Waals surface area contributed by atoms with Gasteiger partial charge in [0.05, 0.1) is 0 Å². The number of hydrogen-bond donors (Lipinski definition) is 1. The van der Waals surface area contributed by atoms with E-state index in [-0.39, 0.29) is 11.4 Å². The fourth-order valence-corrected chi connectivity index (χ4v) is 1.36. The molecule has 3 heteroatoms. The molecule has 1 aliphatic carbocycles. The molecule has 0 saturated carbocycles. The molecule has 0 unspecified atom stereocenters. The summed E-state index contributed by atoms with van der Waals surface area (Å²) in [5, 5.41) is 8.74. The van der Waals surface area contributed by atoms with Crippen LogP contribution in [0.15, 0.2) is 23.3 Å². The molecule has 0 heterocycles. The highest BCUT2D eigenvalue weighted by Gasteiger charge is 2.35. The van der Waals surface area contributed by atoms with Crippen LogP contribution >= 0.6 is 0 Å². The second kappa shape index (κ2) is 2.59. The Labute approximate surface area is 70.4 Å². The van der Waals surface area contributed by atoms with Crippen LogP contribution in [0.4, 0.5) is 0 Å². The summed E-state index contributed by atoms with van der Waals surface area (Å²) in [7, 11) is 0. The Morgan fingerprint density at radius 1 is 1.50 bits per heavy atom. The normalized spacial score (nSPS) is 23.7. The van der Waals surface area contributed by atoms with Crippen LogP contribution in [0.5, 0.6) is 0 Å². The number of carboxylic acids is 1. The predicted octanol–water partition coefficient (Wildman–Crippen LogP) is 1.16. The Kier molecular flexibility index (Phi) is 1.88. The molecule has 0 aromatic carbocycles. The SMILES string of the molecule is C=C1C(=O)C(C)=C(C)[C@@H]1C(=O)O. The molecule has 1 aliphatic rings. The van der Waals surface area contributed by atoms with E-state index in [1.54, 1.807) is 13.8 Å². The molecule has 0 aromatic rings. The van der Waals surface area contributed by atoms with Gasteiger partial charge in [0.1, 0.15) is 5.92 Å². The minimum absolute atomic E-state index is 0.178. The van der Waals surface area contributed by atoms with Crippen molar-refractivity contribution >= 4 is 11.8 Å². The van der Waals surface area contributed by atoms with Gasteiger partial charge in [0.15, 0.2) is 5.78 Å². The van der Waals surface area contributed by atoms with Crippen molar-refractivity contribution < 1.29 is 14.7 Å². The molecule has 0 aromatic heterocycles. The first-order valence-electron chi connectivity index (χ1n) is 3.60. The number of carbonyl (C=O) groups excluding carboxylic acids is 1. The number of Topliss-reactive ketones (excluding diaryl/α,β-unsaturated/α-hetero) is 1. The lowest BCUT2D eigenvalue weighted by molar-refractivity contribution is -0.139. The molecule has 0 bridgehead atoms. The van der Waals surface area contributed by atoms with Gasteiger partial charge in [-0.1, -0.05) is 6.58 Å². The number of aliphatic carboxylic acids is 1. The molecule has 64 valence electrons. The third kappa shape index (κ3) is 0.978. The number of allylic oxidation sites excluding steroid dienone is 1. The zero-order valence-electron chi connectivity index (χ0n) is 7.05. The van der Waals surface area contributed by atoms with Gasteiger partial charge < -0.3 is 5.11 Å². The number of carbonyl (C=O) groups is 2. The second-order valence-corrected chi connectivity index (χ2v) is 2.93. The van der Waals surface area contributed by atoms with Gasteiger partial charge in [-0.3, -0.25) is 9.59 Å². The Morgan fingerprint density at radius 3 is 2.17 bits per heavy atom. The molecular formula is C9H10O3. The van der Waals surface area contributed by atoms with Gasteiger partial charge in [0.2, 0.25) is 0 Å². The van der Waals surface area contributed by atoms with E-state index in [0.29, 0.717) is 11.1 Å². The van der Waals surface area contributed by atoms with Crippen LogP contribution in [0.1, 0.15) is 13.8 Å². The highest BCUT2D eigenvalue weighted by atomic mass is 16.4. The fourth-order valence-electron chi connectivity index (χ4n) is 1.36. The van der Waals surface area contributed by atoms with Gasteiger partial charge >= 0.3 is 5.97 Å². The number of rotatable bonds is 1. The van der Waals surface area contributed by atoms with Crippen LogP contribution in [0, 0.1) is 5.92 Å². The van der Waals surface area contributed by atoms with Crippen molar-refractivity contribution in [1.29, 1.82) is 0 Å². The van der Waals surface area contributed by atoms with Crippen molar-refractivity contribution in [1.82, 2.24) is 0 Å². The Morgan fingerprint density at radius 2 is 2.00 bits per heavy atom. The summed E-state index contributed by atoms with van der Waals surface area (Å²) in [6.07, 6.45) is 0. The van der Waals surface area contributed by atoms with Crippen molar-refractivity contribution in [2.24, 2.45) is 5.92 Å². The lowest BCUT2D eigenvalue weighted by atomic mass is 9.99. The van der Waals surface area contributed by atoms with E-state index >= 15 is 0 Å². The highest BCUT2D eigenvalue weighted by molar-refractivity contribution is 6.15. The van der Waals surface area contributed by atoms with Gasteiger partial charge in [-0.05, 0) is 25.0 Å². The third-order valence-electron chi connectivity index (χ3n) is 2.25.